The van der Waals surface area contributed by atoms with Gasteiger partial charge in [0.1, 0.15) is 5.75 Å². The lowest BCUT2D eigenvalue weighted by atomic mass is 10.2. The molecule has 0 aliphatic rings. The Balaban J connectivity index is 1.72. The third-order valence-corrected chi connectivity index (χ3v) is 4.39. The van der Waals surface area contributed by atoms with Crippen molar-refractivity contribution < 1.29 is 4.74 Å². The van der Waals surface area contributed by atoms with Crippen LogP contribution in [0.4, 0.5) is 11.4 Å². The zero-order valence-electron chi connectivity index (χ0n) is 15.5. The fourth-order valence-corrected chi connectivity index (χ4v) is 2.78. The molecule has 0 unspecified atom stereocenters. The molecule has 0 spiro atoms. The van der Waals surface area contributed by atoms with Crippen LogP contribution in [0, 0.1) is 0 Å². The molecule has 0 saturated carbocycles. The second kappa shape index (κ2) is 8.49. The van der Waals surface area contributed by atoms with Crippen molar-refractivity contribution in [3.05, 3.63) is 60.4 Å². The van der Waals surface area contributed by atoms with Crippen LogP contribution in [0.5, 0.6) is 5.75 Å². The summed E-state index contributed by atoms with van der Waals surface area (Å²) in [5.41, 5.74) is 4.13. The van der Waals surface area contributed by atoms with Crippen LogP contribution >= 0.6 is 0 Å². The number of hydrogen-bond donors (Lipinski definition) is 1. The maximum Gasteiger partial charge on any atom is 0.119 e. The molecular formula is C20H25N5O. The molecule has 1 N–H and O–H groups in total. The van der Waals surface area contributed by atoms with E-state index in [9.17, 15) is 0 Å². The van der Waals surface area contributed by atoms with Crippen molar-refractivity contribution in [1.29, 1.82) is 0 Å². The van der Waals surface area contributed by atoms with Crippen molar-refractivity contribution in [3.63, 3.8) is 0 Å². The summed E-state index contributed by atoms with van der Waals surface area (Å²) in [4.78, 5) is 2.34. The van der Waals surface area contributed by atoms with Gasteiger partial charge >= 0.3 is 0 Å². The largest absolute Gasteiger partial charge is 0.497 e. The van der Waals surface area contributed by atoms with E-state index in [1.54, 1.807) is 7.11 Å². The van der Waals surface area contributed by atoms with Crippen LogP contribution in [0.15, 0.2) is 54.7 Å². The summed E-state index contributed by atoms with van der Waals surface area (Å²) < 4.78 is 7.08. The van der Waals surface area contributed by atoms with Gasteiger partial charge in [-0.15, -0.1) is 5.10 Å². The van der Waals surface area contributed by atoms with Crippen LogP contribution in [0.25, 0.3) is 5.69 Å². The molecule has 0 amide bonds. The molecular weight excluding hydrogens is 326 g/mol. The molecule has 3 rings (SSSR count). The lowest BCUT2D eigenvalue weighted by molar-refractivity contribution is 0.289. The van der Waals surface area contributed by atoms with Crippen LogP contribution in [-0.2, 0) is 6.54 Å². The molecule has 6 heteroatoms. The Kier molecular flexibility index (Phi) is 5.86. The topological polar surface area (TPSA) is 55.2 Å². The highest BCUT2D eigenvalue weighted by Crippen LogP contribution is 2.21. The van der Waals surface area contributed by atoms with Gasteiger partial charge in [0.2, 0.25) is 0 Å². The van der Waals surface area contributed by atoms with Gasteiger partial charge in [0, 0.05) is 17.9 Å². The first-order chi connectivity index (χ1) is 12.7. The van der Waals surface area contributed by atoms with Crippen molar-refractivity contribution >= 4 is 11.4 Å². The first-order valence-corrected chi connectivity index (χ1v) is 8.87. The third-order valence-electron chi connectivity index (χ3n) is 4.39. The highest BCUT2D eigenvalue weighted by molar-refractivity contribution is 5.61. The van der Waals surface area contributed by atoms with Gasteiger partial charge in [-0.2, -0.15) is 0 Å². The van der Waals surface area contributed by atoms with E-state index >= 15 is 0 Å². The third kappa shape index (κ3) is 4.21. The Morgan fingerprint density at radius 2 is 1.58 bits per heavy atom. The van der Waals surface area contributed by atoms with Crippen molar-refractivity contribution in [2.45, 2.75) is 20.4 Å². The normalized spacial score (nSPS) is 10.9. The maximum absolute atomic E-state index is 5.18. The van der Waals surface area contributed by atoms with Gasteiger partial charge in [-0.25, -0.2) is 4.68 Å². The molecule has 0 saturated heterocycles. The average Bonchev–Trinajstić information content (AvgIpc) is 3.15. The van der Waals surface area contributed by atoms with Crippen LogP contribution in [-0.4, -0.2) is 40.1 Å². The Hall–Kier alpha value is -2.86. The van der Waals surface area contributed by atoms with Gasteiger partial charge in [0.25, 0.3) is 0 Å². The molecule has 0 aliphatic heterocycles. The van der Waals surface area contributed by atoms with Crippen molar-refractivity contribution in [2.24, 2.45) is 0 Å². The van der Waals surface area contributed by atoms with Crippen molar-refractivity contribution in [2.75, 3.05) is 25.5 Å². The molecule has 0 fully saturated rings. The minimum atomic E-state index is 0.839. The number of hydrogen-bond acceptors (Lipinski definition) is 5. The molecule has 0 radical (unpaired) electrons. The van der Waals surface area contributed by atoms with E-state index < -0.39 is 0 Å². The van der Waals surface area contributed by atoms with Crippen LogP contribution in [0.1, 0.15) is 19.5 Å². The number of anilines is 2. The molecule has 3 aromatic rings. The van der Waals surface area contributed by atoms with Gasteiger partial charge in [-0.3, -0.25) is 4.90 Å². The van der Waals surface area contributed by atoms with Gasteiger partial charge in [0.15, 0.2) is 0 Å². The minimum absolute atomic E-state index is 0.839. The monoisotopic (exact) mass is 351 g/mol. The average molecular weight is 351 g/mol. The first kappa shape index (κ1) is 17.9. The number of nitrogens with one attached hydrogen (secondary N) is 1. The summed E-state index contributed by atoms with van der Waals surface area (Å²) in [5.74, 6) is 0.845. The Morgan fingerprint density at radius 1 is 0.962 bits per heavy atom. The number of ether oxygens (including phenoxy) is 1. The van der Waals surface area contributed by atoms with Crippen LogP contribution < -0.4 is 10.1 Å². The first-order valence-electron chi connectivity index (χ1n) is 8.87. The zero-order chi connectivity index (χ0) is 18.4. The fraction of sp³-hybridized carbons (Fsp3) is 0.300. The van der Waals surface area contributed by atoms with E-state index in [0.717, 1.165) is 48.1 Å². The molecule has 1 heterocycles. The summed E-state index contributed by atoms with van der Waals surface area (Å²) in [5, 5.41) is 11.7. The number of methoxy groups -OCH3 is 1. The number of nitrogens with zero attached hydrogens (tertiary/aromatic N) is 4. The van der Waals surface area contributed by atoms with Crippen molar-refractivity contribution in [1.82, 2.24) is 19.9 Å². The predicted molar refractivity (Wildman–Crippen MR) is 104 cm³/mol. The smallest absolute Gasteiger partial charge is 0.119 e. The summed E-state index contributed by atoms with van der Waals surface area (Å²) in [6, 6.07) is 16.0. The van der Waals surface area contributed by atoms with Crippen LogP contribution in [0.3, 0.4) is 0 Å². The Bertz CT molecular complexity index is 807. The van der Waals surface area contributed by atoms with Gasteiger partial charge < -0.3 is 10.1 Å². The van der Waals surface area contributed by atoms with E-state index in [1.165, 1.54) is 0 Å². The number of benzene rings is 2. The second-order valence-electron chi connectivity index (χ2n) is 6.00. The molecule has 2 aromatic carbocycles. The van der Waals surface area contributed by atoms with Crippen LogP contribution in [0.2, 0.25) is 0 Å². The predicted octanol–water partition coefficient (Wildman–Crippen LogP) is 3.86. The standard InChI is InChI=1S/C20H25N5O/c1-4-24(5-2)15-19-14-21-23-25(19)18-10-6-16(7-11-18)22-17-8-12-20(26-3)13-9-17/h6-14,22H,4-5,15H2,1-3H3. The van der Waals surface area contributed by atoms with E-state index in [0.29, 0.717) is 0 Å². The molecule has 136 valence electrons. The molecule has 26 heavy (non-hydrogen) atoms. The van der Waals surface area contributed by atoms with Crippen molar-refractivity contribution in [3.8, 4) is 11.4 Å². The Morgan fingerprint density at radius 3 is 2.15 bits per heavy atom. The summed E-state index contributed by atoms with van der Waals surface area (Å²) in [6.07, 6.45) is 1.84. The quantitative estimate of drug-likeness (QED) is 0.668. The number of rotatable bonds is 8. The van der Waals surface area contributed by atoms with E-state index in [4.69, 9.17) is 4.74 Å². The van der Waals surface area contributed by atoms with Gasteiger partial charge in [-0.1, -0.05) is 19.1 Å². The summed E-state index contributed by atoms with van der Waals surface area (Å²) in [7, 11) is 1.67. The van der Waals surface area contributed by atoms with E-state index in [-0.39, 0.29) is 0 Å². The second-order valence-corrected chi connectivity index (χ2v) is 6.00. The lowest BCUT2D eigenvalue weighted by Crippen LogP contribution is -2.23. The molecule has 0 bridgehead atoms. The highest BCUT2D eigenvalue weighted by Gasteiger charge is 2.09. The van der Waals surface area contributed by atoms with E-state index in [1.807, 2.05) is 59.4 Å². The fourth-order valence-electron chi connectivity index (χ4n) is 2.78. The number of aromatic nitrogens is 3. The summed E-state index contributed by atoms with van der Waals surface area (Å²) in [6.45, 7) is 7.18. The van der Waals surface area contributed by atoms with Gasteiger partial charge in [-0.05, 0) is 61.6 Å². The molecule has 6 nitrogen and oxygen atoms in total. The molecule has 0 atom stereocenters. The summed E-state index contributed by atoms with van der Waals surface area (Å²) >= 11 is 0. The minimum Gasteiger partial charge on any atom is -0.497 e. The van der Waals surface area contributed by atoms with E-state index in [2.05, 4.69) is 34.4 Å². The highest BCUT2D eigenvalue weighted by atomic mass is 16.5. The lowest BCUT2D eigenvalue weighted by Gasteiger charge is -2.18. The van der Waals surface area contributed by atoms with Gasteiger partial charge in [0.05, 0.1) is 24.7 Å². The zero-order valence-corrected chi connectivity index (χ0v) is 15.5. The SMILES string of the molecule is CCN(CC)Cc1cnnn1-c1ccc(Nc2ccc(OC)cc2)cc1. The molecule has 1 aromatic heterocycles. The molecule has 0 aliphatic carbocycles. The Labute approximate surface area is 154 Å². The maximum atomic E-state index is 5.18.